The fourth-order valence-electron chi connectivity index (χ4n) is 5.72. The molecule has 3 atom stereocenters. The Morgan fingerprint density at radius 1 is 0.976 bits per heavy atom. The second-order valence-corrected chi connectivity index (χ2v) is 10.6. The first kappa shape index (κ1) is 28.3. The van der Waals surface area contributed by atoms with Gasteiger partial charge in [0.1, 0.15) is 12.6 Å². The minimum atomic E-state index is -1.04. The van der Waals surface area contributed by atoms with Gasteiger partial charge < -0.3 is 25.2 Å². The number of hydrogen-bond acceptors (Lipinski definition) is 6. The van der Waals surface area contributed by atoms with Crippen LogP contribution in [0.4, 0.5) is 4.79 Å². The van der Waals surface area contributed by atoms with Gasteiger partial charge in [0.15, 0.2) is 6.10 Å². The van der Waals surface area contributed by atoms with E-state index in [2.05, 4.69) is 22.8 Å². The van der Waals surface area contributed by atoms with Gasteiger partial charge in [-0.3, -0.25) is 9.69 Å². The number of likely N-dealkylation sites (N-methyl/N-ethyl adjacent to an activating group) is 1. The van der Waals surface area contributed by atoms with Gasteiger partial charge in [-0.15, -0.1) is 0 Å². The number of carbonyl (C=O) groups is 3. The van der Waals surface area contributed by atoms with E-state index in [1.54, 1.807) is 0 Å². The highest BCUT2D eigenvalue weighted by Gasteiger charge is 2.35. The minimum absolute atomic E-state index is 0.100. The van der Waals surface area contributed by atoms with Crippen LogP contribution in [0.5, 0.6) is 0 Å². The topological polar surface area (TPSA) is 117 Å². The predicted octanol–water partition coefficient (Wildman–Crippen LogP) is 3.63. The number of fused-ring (bicyclic) bond motifs is 3. The van der Waals surface area contributed by atoms with Crippen LogP contribution in [0.2, 0.25) is 0 Å². The molecule has 1 saturated heterocycles. The summed E-state index contributed by atoms with van der Waals surface area (Å²) in [5, 5.41) is 15.0. The molecule has 3 aromatic rings. The van der Waals surface area contributed by atoms with Crippen LogP contribution in [0.15, 0.2) is 78.9 Å². The largest absolute Gasteiger partial charge is 0.479 e. The predicted molar refractivity (Wildman–Crippen MR) is 153 cm³/mol. The highest BCUT2D eigenvalue weighted by molar-refractivity contribution is 5.86. The normalized spacial score (nSPS) is 18.4. The second kappa shape index (κ2) is 13.0. The number of rotatable bonds is 11. The van der Waals surface area contributed by atoms with Gasteiger partial charge in [-0.2, -0.15) is 0 Å². The molecule has 1 heterocycles. The highest BCUT2D eigenvalue weighted by Crippen LogP contribution is 2.44. The molecule has 9 heteroatoms. The van der Waals surface area contributed by atoms with Crippen molar-refractivity contribution in [2.45, 2.75) is 31.0 Å². The maximum absolute atomic E-state index is 13.3. The van der Waals surface area contributed by atoms with E-state index in [-0.39, 0.29) is 31.5 Å². The van der Waals surface area contributed by atoms with Gasteiger partial charge in [-0.1, -0.05) is 78.9 Å². The molecule has 0 radical (unpaired) electrons. The molecular weight excluding hydrogens is 522 g/mol. The number of carbonyl (C=O) groups excluding carboxylic acids is 2. The summed E-state index contributed by atoms with van der Waals surface area (Å²) in [6.07, 6.45) is -1.10. The zero-order valence-electron chi connectivity index (χ0n) is 23.0. The molecule has 1 aliphatic heterocycles. The molecule has 5 rings (SSSR count). The summed E-state index contributed by atoms with van der Waals surface area (Å²) in [5.74, 6) is -1.89. The van der Waals surface area contributed by atoms with Crippen LogP contribution in [0.3, 0.4) is 0 Å². The molecule has 1 aliphatic carbocycles. The molecule has 3 aromatic carbocycles. The molecule has 2 aliphatic rings. The summed E-state index contributed by atoms with van der Waals surface area (Å²) in [6.45, 7) is 1.41. The lowest BCUT2D eigenvalue weighted by Crippen LogP contribution is -2.53. The summed E-state index contributed by atoms with van der Waals surface area (Å²) >= 11 is 0. The van der Waals surface area contributed by atoms with Crippen LogP contribution in [0.25, 0.3) is 11.1 Å². The molecular formula is C32H35N3O6. The van der Waals surface area contributed by atoms with Crippen molar-refractivity contribution in [3.63, 3.8) is 0 Å². The van der Waals surface area contributed by atoms with Crippen molar-refractivity contribution in [2.24, 2.45) is 5.92 Å². The fraction of sp³-hybridized carbons (Fsp3) is 0.344. The third-order valence-electron chi connectivity index (χ3n) is 7.74. The van der Waals surface area contributed by atoms with Gasteiger partial charge in [-0.25, -0.2) is 9.59 Å². The van der Waals surface area contributed by atoms with Crippen molar-refractivity contribution in [3.8, 4) is 11.1 Å². The average molecular weight is 558 g/mol. The number of nitrogens with one attached hydrogen (secondary N) is 2. The lowest BCUT2D eigenvalue weighted by atomic mass is 9.98. The fourth-order valence-corrected chi connectivity index (χ4v) is 5.72. The number of alkyl carbamates (subject to hydrolysis) is 1. The Morgan fingerprint density at radius 2 is 1.61 bits per heavy atom. The maximum atomic E-state index is 13.3. The third kappa shape index (κ3) is 6.75. The first-order valence-corrected chi connectivity index (χ1v) is 13.9. The summed E-state index contributed by atoms with van der Waals surface area (Å²) < 4.78 is 11.0. The Morgan fingerprint density at radius 3 is 2.27 bits per heavy atom. The first-order chi connectivity index (χ1) is 19.9. The average Bonchev–Trinajstić information content (AvgIpc) is 3.58. The van der Waals surface area contributed by atoms with E-state index in [1.165, 1.54) is 0 Å². The van der Waals surface area contributed by atoms with Crippen LogP contribution >= 0.6 is 0 Å². The number of aliphatic carboxylic acids is 1. The zero-order valence-corrected chi connectivity index (χ0v) is 23.0. The zero-order chi connectivity index (χ0) is 28.8. The highest BCUT2D eigenvalue weighted by atomic mass is 16.5. The number of amides is 2. The molecule has 1 fully saturated rings. The number of carboxylic acids is 1. The Kier molecular flexibility index (Phi) is 8.96. The van der Waals surface area contributed by atoms with Gasteiger partial charge in [0.2, 0.25) is 5.91 Å². The van der Waals surface area contributed by atoms with Crippen molar-refractivity contribution in [2.75, 3.05) is 33.4 Å². The number of nitrogens with zero attached hydrogens (tertiary/aromatic N) is 1. The number of hydrogen-bond donors (Lipinski definition) is 3. The van der Waals surface area contributed by atoms with Crippen LogP contribution in [0.1, 0.15) is 29.0 Å². The van der Waals surface area contributed by atoms with Crippen molar-refractivity contribution >= 4 is 18.0 Å². The Bertz CT molecular complexity index is 1340. The first-order valence-electron chi connectivity index (χ1n) is 13.9. The van der Waals surface area contributed by atoms with Gasteiger partial charge in [0, 0.05) is 38.1 Å². The Hall–Kier alpha value is -4.21. The SMILES string of the molecule is CN(Cc1ccccc1)CC(NC(=O)OCC1c2ccccc2-c2ccccc21)C(=O)NC[C@@H]1CCO[C@@H]1C(=O)O. The van der Waals surface area contributed by atoms with Crippen molar-refractivity contribution in [1.29, 1.82) is 0 Å². The molecule has 41 heavy (non-hydrogen) atoms. The molecule has 0 saturated carbocycles. The van der Waals surface area contributed by atoms with Crippen LogP contribution < -0.4 is 10.6 Å². The molecule has 0 bridgehead atoms. The third-order valence-corrected chi connectivity index (χ3v) is 7.74. The lowest BCUT2D eigenvalue weighted by molar-refractivity contribution is -0.149. The molecule has 214 valence electrons. The second-order valence-electron chi connectivity index (χ2n) is 10.6. The summed E-state index contributed by atoms with van der Waals surface area (Å²) in [7, 11) is 1.87. The van der Waals surface area contributed by atoms with Crippen LogP contribution in [0, 0.1) is 5.92 Å². The van der Waals surface area contributed by atoms with Crippen molar-refractivity contribution in [3.05, 3.63) is 95.6 Å². The minimum Gasteiger partial charge on any atom is -0.479 e. The van der Waals surface area contributed by atoms with Crippen LogP contribution in [-0.4, -0.2) is 73.5 Å². The molecule has 3 N–H and O–H groups in total. The number of ether oxygens (including phenoxy) is 2. The van der Waals surface area contributed by atoms with E-state index in [9.17, 15) is 19.5 Å². The van der Waals surface area contributed by atoms with E-state index in [0.29, 0.717) is 19.6 Å². The molecule has 1 unspecified atom stereocenters. The summed E-state index contributed by atoms with van der Waals surface area (Å²) in [4.78, 5) is 39.8. The van der Waals surface area contributed by atoms with Crippen molar-refractivity contribution in [1.82, 2.24) is 15.5 Å². The number of benzene rings is 3. The molecule has 2 amide bonds. The van der Waals surface area contributed by atoms with E-state index in [0.717, 1.165) is 27.8 Å². The van der Waals surface area contributed by atoms with Gasteiger partial charge in [-0.05, 0) is 41.3 Å². The van der Waals surface area contributed by atoms with E-state index < -0.39 is 30.1 Å². The molecule has 9 nitrogen and oxygen atoms in total. The van der Waals surface area contributed by atoms with E-state index >= 15 is 0 Å². The molecule has 0 aromatic heterocycles. The summed E-state index contributed by atoms with van der Waals surface area (Å²) in [6, 6.07) is 25.1. The lowest BCUT2D eigenvalue weighted by Gasteiger charge is -2.25. The molecule has 0 spiro atoms. The van der Waals surface area contributed by atoms with Crippen LogP contribution in [-0.2, 0) is 25.6 Å². The smallest absolute Gasteiger partial charge is 0.407 e. The Balaban J connectivity index is 1.24. The van der Waals surface area contributed by atoms with E-state index in [1.807, 2.05) is 78.7 Å². The maximum Gasteiger partial charge on any atom is 0.407 e. The van der Waals surface area contributed by atoms with Crippen molar-refractivity contribution < 1.29 is 29.0 Å². The number of carboxylic acid groups (broad SMARTS) is 1. The Labute approximate surface area is 239 Å². The summed E-state index contributed by atoms with van der Waals surface area (Å²) in [5.41, 5.74) is 5.54. The van der Waals surface area contributed by atoms with Gasteiger partial charge in [0.05, 0.1) is 0 Å². The van der Waals surface area contributed by atoms with Gasteiger partial charge >= 0.3 is 12.1 Å². The van der Waals surface area contributed by atoms with E-state index in [4.69, 9.17) is 9.47 Å². The van der Waals surface area contributed by atoms with Gasteiger partial charge in [0.25, 0.3) is 0 Å². The quantitative estimate of drug-likeness (QED) is 0.330. The standard InChI is InChI=1S/C32H35N3O6/c1-35(18-21-9-3-2-4-10-21)19-28(30(36)33-17-22-15-16-40-29(22)31(37)38)34-32(39)41-20-27-25-13-7-5-11-23(25)24-12-6-8-14-26(24)27/h2-14,22,27-29H,15-20H2,1H3,(H,33,36)(H,34,39)(H,37,38)/t22-,28?,29-/m0/s1. The monoisotopic (exact) mass is 557 g/mol.